The maximum absolute atomic E-state index is 12.3. The molecule has 2 atom stereocenters. The van der Waals surface area contributed by atoms with Crippen molar-refractivity contribution in [1.82, 2.24) is 0 Å². The maximum Gasteiger partial charge on any atom is 0.152 e. The Morgan fingerprint density at radius 2 is 2.24 bits per heavy atom. The number of hydrogen-bond donors (Lipinski definition) is 0. The number of carbonyl (C=O) groups is 1. The lowest BCUT2D eigenvalue weighted by molar-refractivity contribution is -0.117. The average Bonchev–Trinajstić information content (AvgIpc) is 2.75. The van der Waals surface area contributed by atoms with Crippen molar-refractivity contribution in [3.8, 4) is 0 Å². The van der Waals surface area contributed by atoms with E-state index in [4.69, 9.17) is 0 Å². The minimum Gasteiger partial charge on any atom is -0.298 e. The fourth-order valence-electron chi connectivity index (χ4n) is 1.91. The van der Waals surface area contributed by atoms with Gasteiger partial charge in [0.25, 0.3) is 0 Å². The number of Topliss-reactive ketones (excluding diaryl/α,β-unsaturated/α-hetero) is 1. The monoisotopic (exact) mass is 350 g/mol. The molecule has 0 N–H and O–H groups in total. The highest BCUT2D eigenvalue weighted by atomic mass is 79.9. The van der Waals surface area contributed by atoms with Crippen LogP contribution in [0.3, 0.4) is 0 Å². The summed E-state index contributed by atoms with van der Waals surface area (Å²) in [5, 5.41) is 2.75. The van der Waals surface area contributed by atoms with Crippen LogP contribution >= 0.6 is 50.8 Å². The summed E-state index contributed by atoms with van der Waals surface area (Å²) in [5.74, 6) is 2.70. The van der Waals surface area contributed by atoms with Gasteiger partial charge in [0.1, 0.15) is 0 Å². The van der Waals surface area contributed by atoms with Gasteiger partial charge < -0.3 is 0 Å². The van der Waals surface area contributed by atoms with Crippen LogP contribution in [0.25, 0.3) is 0 Å². The number of carbonyl (C=O) groups excluding carboxylic acids is 1. The van der Waals surface area contributed by atoms with Crippen molar-refractivity contribution in [2.75, 3.05) is 11.5 Å². The second-order valence-corrected chi connectivity index (χ2v) is 8.40. The van der Waals surface area contributed by atoms with Crippen molar-refractivity contribution < 1.29 is 4.79 Å². The molecule has 1 nitrogen and oxygen atoms in total. The van der Waals surface area contributed by atoms with E-state index in [1.54, 1.807) is 11.3 Å². The van der Waals surface area contributed by atoms with Crippen LogP contribution in [0.4, 0.5) is 0 Å². The molecule has 94 valence electrons. The SMILES string of the molecule is CCC1SCCSC1C(=O)Cc1sccc1Br. The molecule has 1 aromatic heterocycles. The van der Waals surface area contributed by atoms with Gasteiger partial charge in [0.2, 0.25) is 0 Å². The van der Waals surface area contributed by atoms with Crippen molar-refractivity contribution in [3.05, 3.63) is 20.8 Å². The first-order chi connectivity index (χ1) is 8.22. The number of halogens is 1. The summed E-state index contributed by atoms with van der Waals surface area (Å²) < 4.78 is 1.08. The summed E-state index contributed by atoms with van der Waals surface area (Å²) in [6.45, 7) is 2.19. The van der Waals surface area contributed by atoms with E-state index in [0.717, 1.165) is 16.6 Å². The Bertz CT molecular complexity index is 391. The highest BCUT2D eigenvalue weighted by Gasteiger charge is 2.31. The molecular formula is C12H15BrOS3. The van der Waals surface area contributed by atoms with Gasteiger partial charge in [-0.3, -0.25) is 4.79 Å². The third-order valence-corrected chi connectivity index (χ3v) is 8.02. The highest BCUT2D eigenvalue weighted by molar-refractivity contribution is 9.10. The van der Waals surface area contributed by atoms with Gasteiger partial charge in [-0.1, -0.05) is 6.92 Å². The molecule has 2 rings (SSSR count). The molecular weight excluding hydrogens is 336 g/mol. The van der Waals surface area contributed by atoms with Crippen molar-refractivity contribution in [1.29, 1.82) is 0 Å². The van der Waals surface area contributed by atoms with Crippen LogP contribution in [0.1, 0.15) is 18.2 Å². The minimum absolute atomic E-state index is 0.202. The smallest absolute Gasteiger partial charge is 0.152 e. The van der Waals surface area contributed by atoms with E-state index in [1.807, 2.05) is 35.0 Å². The van der Waals surface area contributed by atoms with E-state index in [-0.39, 0.29) is 5.25 Å². The Hall–Kier alpha value is 0.550. The normalized spacial score (nSPS) is 24.8. The van der Waals surface area contributed by atoms with Gasteiger partial charge in [-0.25, -0.2) is 0 Å². The molecule has 0 radical (unpaired) electrons. The zero-order chi connectivity index (χ0) is 12.3. The van der Waals surface area contributed by atoms with Crippen LogP contribution < -0.4 is 0 Å². The Morgan fingerprint density at radius 3 is 2.88 bits per heavy atom. The third-order valence-electron chi connectivity index (χ3n) is 2.80. The van der Waals surface area contributed by atoms with E-state index >= 15 is 0 Å². The third kappa shape index (κ3) is 3.52. The van der Waals surface area contributed by atoms with Gasteiger partial charge in [-0.05, 0) is 33.8 Å². The van der Waals surface area contributed by atoms with Crippen LogP contribution in [-0.2, 0) is 11.2 Å². The summed E-state index contributed by atoms with van der Waals surface area (Å²) in [4.78, 5) is 13.5. The Kier molecular flexibility index (Phi) is 5.46. The molecule has 1 aliphatic rings. The van der Waals surface area contributed by atoms with E-state index in [0.29, 0.717) is 17.5 Å². The van der Waals surface area contributed by atoms with Crippen LogP contribution in [-0.4, -0.2) is 27.8 Å². The quantitative estimate of drug-likeness (QED) is 0.807. The number of thioether (sulfide) groups is 2. The molecule has 5 heteroatoms. The van der Waals surface area contributed by atoms with Gasteiger partial charge in [0.05, 0.1) is 5.25 Å². The van der Waals surface area contributed by atoms with E-state index < -0.39 is 0 Å². The maximum atomic E-state index is 12.3. The molecule has 2 unspecified atom stereocenters. The second kappa shape index (κ2) is 6.64. The van der Waals surface area contributed by atoms with E-state index in [1.165, 1.54) is 10.6 Å². The molecule has 0 amide bonds. The summed E-state index contributed by atoms with van der Waals surface area (Å²) in [6, 6.07) is 2.02. The molecule has 1 aromatic rings. The van der Waals surface area contributed by atoms with Crippen LogP contribution in [0.5, 0.6) is 0 Å². The van der Waals surface area contributed by atoms with Gasteiger partial charge in [0, 0.05) is 32.5 Å². The van der Waals surface area contributed by atoms with Crippen LogP contribution in [0.2, 0.25) is 0 Å². The minimum atomic E-state index is 0.202. The highest BCUT2D eigenvalue weighted by Crippen LogP contribution is 2.35. The lowest BCUT2D eigenvalue weighted by Gasteiger charge is -2.28. The molecule has 0 saturated carbocycles. The zero-order valence-electron chi connectivity index (χ0n) is 9.65. The number of rotatable bonds is 4. The number of hydrogen-bond acceptors (Lipinski definition) is 4. The topological polar surface area (TPSA) is 17.1 Å². The Labute approximate surface area is 123 Å². The largest absolute Gasteiger partial charge is 0.298 e. The molecule has 0 bridgehead atoms. The molecule has 0 aliphatic carbocycles. The number of thiophene rings is 1. The summed E-state index contributed by atoms with van der Waals surface area (Å²) >= 11 is 8.98. The van der Waals surface area contributed by atoms with Crippen LogP contribution in [0, 0.1) is 0 Å². The van der Waals surface area contributed by atoms with Gasteiger partial charge in [0.15, 0.2) is 5.78 Å². The standard InChI is InChI=1S/C12H15BrOS3/c1-2-10-12(17-6-5-16-10)9(14)7-11-8(13)3-4-15-11/h3-4,10,12H,2,5-7H2,1H3. The summed E-state index contributed by atoms with van der Waals surface area (Å²) in [5.41, 5.74) is 0. The van der Waals surface area contributed by atoms with Gasteiger partial charge in [-0.15, -0.1) is 23.1 Å². The molecule has 1 fully saturated rings. The molecule has 0 aromatic carbocycles. The van der Waals surface area contributed by atoms with Crippen molar-refractivity contribution in [2.45, 2.75) is 30.3 Å². The molecule has 17 heavy (non-hydrogen) atoms. The molecule has 2 heterocycles. The van der Waals surface area contributed by atoms with Crippen molar-refractivity contribution in [3.63, 3.8) is 0 Å². The predicted molar refractivity (Wildman–Crippen MR) is 83.5 cm³/mol. The van der Waals surface area contributed by atoms with Gasteiger partial charge >= 0.3 is 0 Å². The average molecular weight is 351 g/mol. The first-order valence-corrected chi connectivity index (χ1v) is 9.47. The number of ketones is 1. The van der Waals surface area contributed by atoms with Crippen molar-refractivity contribution in [2.24, 2.45) is 0 Å². The van der Waals surface area contributed by atoms with E-state index in [2.05, 4.69) is 22.9 Å². The zero-order valence-corrected chi connectivity index (χ0v) is 13.7. The lowest BCUT2D eigenvalue weighted by Crippen LogP contribution is -2.33. The molecule has 0 spiro atoms. The molecule has 1 saturated heterocycles. The lowest BCUT2D eigenvalue weighted by atomic mass is 10.1. The van der Waals surface area contributed by atoms with Crippen LogP contribution in [0.15, 0.2) is 15.9 Å². The van der Waals surface area contributed by atoms with Crippen molar-refractivity contribution >= 4 is 56.6 Å². The van der Waals surface area contributed by atoms with E-state index in [9.17, 15) is 4.79 Å². The first-order valence-electron chi connectivity index (χ1n) is 5.70. The first kappa shape index (κ1) is 14.0. The van der Waals surface area contributed by atoms with Gasteiger partial charge in [-0.2, -0.15) is 11.8 Å². The predicted octanol–water partition coefficient (Wildman–Crippen LogP) is 4.25. The fourth-order valence-corrected chi connectivity index (χ4v) is 6.45. The summed E-state index contributed by atoms with van der Waals surface area (Å²) in [7, 11) is 0. The second-order valence-electron chi connectivity index (χ2n) is 3.94. The summed E-state index contributed by atoms with van der Waals surface area (Å²) in [6.07, 6.45) is 1.69. The Balaban J connectivity index is 2.01. The fraction of sp³-hybridized carbons (Fsp3) is 0.583. The Morgan fingerprint density at radius 1 is 1.47 bits per heavy atom. The molecule has 1 aliphatic heterocycles.